The third-order valence-electron chi connectivity index (χ3n) is 4.82. The minimum absolute atomic E-state index is 0.00497. The topological polar surface area (TPSA) is 57.6 Å². The molecule has 0 bridgehead atoms. The third-order valence-corrected chi connectivity index (χ3v) is 6.02. The molecule has 2 atom stereocenters. The smallest absolute Gasteiger partial charge is 0.308 e. The summed E-state index contributed by atoms with van der Waals surface area (Å²) in [5, 5.41) is 11.6. The highest BCUT2D eigenvalue weighted by Gasteiger charge is 2.44. The van der Waals surface area contributed by atoms with Gasteiger partial charge in [0.15, 0.2) is 0 Å². The molecule has 2 heterocycles. The minimum Gasteiger partial charge on any atom is -0.481 e. The van der Waals surface area contributed by atoms with Crippen LogP contribution in [0.1, 0.15) is 30.2 Å². The van der Waals surface area contributed by atoms with Crippen LogP contribution in [0.3, 0.4) is 0 Å². The molecule has 1 fully saturated rings. The molecular weight excluding hydrogens is 322 g/mol. The largest absolute Gasteiger partial charge is 0.481 e. The Morgan fingerprint density at radius 2 is 1.83 bits per heavy atom. The summed E-state index contributed by atoms with van der Waals surface area (Å²) in [4.78, 5) is 27.5. The molecule has 2 aromatic rings. The first kappa shape index (κ1) is 16.7. The van der Waals surface area contributed by atoms with Gasteiger partial charge in [-0.05, 0) is 30.9 Å². The molecule has 0 spiro atoms. The summed E-state index contributed by atoms with van der Waals surface area (Å²) in [7, 11) is 0. The number of carbonyl (C=O) groups excluding carboxylic acids is 1. The molecule has 126 valence electrons. The Bertz CT molecular complexity index is 724. The van der Waals surface area contributed by atoms with E-state index in [0.717, 1.165) is 10.4 Å². The molecule has 24 heavy (non-hydrogen) atoms. The molecule has 1 saturated heterocycles. The van der Waals surface area contributed by atoms with Gasteiger partial charge in [0.25, 0.3) is 0 Å². The number of nitrogens with zero attached hydrogens (tertiary/aromatic N) is 1. The molecule has 1 aromatic heterocycles. The standard InChI is InChI=1S/C19H21NO3S/c1-19(2,16-9-6-10-24-16)18(23)20-11-14(15(12-20)17(21)22)13-7-4-3-5-8-13/h3-10,14-15H,11-12H2,1-2H3,(H,21,22)/t14-,15-/m0/s1. The molecule has 0 radical (unpaired) electrons. The van der Waals surface area contributed by atoms with E-state index in [-0.39, 0.29) is 18.4 Å². The van der Waals surface area contributed by atoms with Crippen molar-refractivity contribution in [3.8, 4) is 0 Å². The molecule has 0 unspecified atom stereocenters. The molecule has 1 aromatic carbocycles. The van der Waals surface area contributed by atoms with Gasteiger partial charge in [-0.1, -0.05) is 36.4 Å². The van der Waals surface area contributed by atoms with Crippen molar-refractivity contribution in [2.75, 3.05) is 13.1 Å². The fraction of sp³-hybridized carbons (Fsp3) is 0.368. The van der Waals surface area contributed by atoms with Gasteiger partial charge in [0.2, 0.25) is 5.91 Å². The predicted octanol–water partition coefficient (Wildman–Crippen LogP) is 3.35. The Hall–Kier alpha value is -2.14. The average molecular weight is 343 g/mol. The fourth-order valence-corrected chi connectivity index (χ4v) is 4.24. The lowest BCUT2D eigenvalue weighted by Crippen LogP contribution is -2.42. The van der Waals surface area contributed by atoms with E-state index >= 15 is 0 Å². The Labute approximate surface area is 145 Å². The summed E-state index contributed by atoms with van der Waals surface area (Å²) in [6.45, 7) is 4.54. The van der Waals surface area contributed by atoms with Gasteiger partial charge >= 0.3 is 5.97 Å². The highest BCUT2D eigenvalue weighted by molar-refractivity contribution is 7.10. The van der Waals surface area contributed by atoms with Crippen molar-refractivity contribution in [3.63, 3.8) is 0 Å². The van der Waals surface area contributed by atoms with Gasteiger partial charge in [-0.15, -0.1) is 11.3 Å². The number of likely N-dealkylation sites (tertiary alicyclic amines) is 1. The van der Waals surface area contributed by atoms with E-state index in [2.05, 4.69) is 0 Å². The predicted molar refractivity (Wildman–Crippen MR) is 94.2 cm³/mol. The minimum atomic E-state index is -0.840. The SMILES string of the molecule is CC(C)(C(=O)N1C[C@H](C(=O)O)[C@H](c2ccccc2)C1)c1cccs1. The van der Waals surface area contributed by atoms with E-state index in [1.807, 2.05) is 61.7 Å². The molecule has 0 aliphatic carbocycles. The Morgan fingerprint density at radius 1 is 1.12 bits per heavy atom. The number of amides is 1. The second-order valence-corrected chi connectivity index (χ2v) is 7.72. The molecule has 0 saturated carbocycles. The van der Waals surface area contributed by atoms with Crippen LogP contribution in [0.2, 0.25) is 0 Å². The van der Waals surface area contributed by atoms with Gasteiger partial charge in [0.05, 0.1) is 11.3 Å². The van der Waals surface area contributed by atoms with Crippen molar-refractivity contribution < 1.29 is 14.7 Å². The number of thiophene rings is 1. The van der Waals surface area contributed by atoms with Gasteiger partial charge in [-0.3, -0.25) is 9.59 Å². The number of rotatable bonds is 4. The highest BCUT2D eigenvalue weighted by atomic mass is 32.1. The first-order valence-corrected chi connectivity index (χ1v) is 8.90. The highest BCUT2D eigenvalue weighted by Crippen LogP contribution is 2.37. The van der Waals surface area contributed by atoms with Crippen LogP contribution in [0, 0.1) is 5.92 Å². The van der Waals surface area contributed by atoms with E-state index in [0.29, 0.717) is 6.54 Å². The number of aliphatic carboxylic acids is 1. The quantitative estimate of drug-likeness (QED) is 0.926. The summed E-state index contributed by atoms with van der Waals surface area (Å²) >= 11 is 1.56. The van der Waals surface area contributed by atoms with Gasteiger partial charge in [0.1, 0.15) is 0 Å². The zero-order valence-corrected chi connectivity index (χ0v) is 14.6. The molecule has 1 aliphatic heterocycles. The third kappa shape index (κ3) is 2.96. The second kappa shape index (κ2) is 6.40. The Kier molecular flexibility index (Phi) is 4.45. The maximum absolute atomic E-state index is 13.1. The molecule has 1 aliphatic rings. The van der Waals surface area contributed by atoms with Crippen LogP contribution in [0.15, 0.2) is 47.8 Å². The van der Waals surface area contributed by atoms with Crippen LogP contribution in [-0.2, 0) is 15.0 Å². The lowest BCUT2D eigenvalue weighted by molar-refractivity contribution is -0.142. The normalized spacial score (nSPS) is 21.0. The van der Waals surface area contributed by atoms with Crippen LogP contribution < -0.4 is 0 Å². The lowest BCUT2D eigenvalue weighted by atomic mass is 9.89. The maximum atomic E-state index is 13.1. The van der Waals surface area contributed by atoms with E-state index in [1.165, 1.54) is 0 Å². The van der Waals surface area contributed by atoms with Crippen molar-refractivity contribution in [2.24, 2.45) is 5.92 Å². The molecule has 1 N–H and O–H groups in total. The van der Waals surface area contributed by atoms with E-state index in [1.54, 1.807) is 16.2 Å². The van der Waals surface area contributed by atoms with Crippen molar-refractivity contribution >= 4 is 23.2 Å². The van der Waals surface area contributed by atoms with Gasteiger partial charge in [0, 0.05) is 23.9 Å². The van der Waals surface area contributed by atoms with Crippen LogP contribution in [0.4, 0.5) is 0 Å². The first-order chi connectivity index (χ1) is 11.4. The number of hydrogen-bond acceptors (Lipinski definition) is 3. The summed E-state index contributed by atoms with van der Waals surface area (Å²) in [5.41, 5.74) is 0.345. The van der Waals surface area contributed by atoms with E-state index in [9.17, 15) is 14.7 Å². The van der Waals surface area contributed by atoms with E-state index < -0.39 is 17.3 Å². The fourth-order valence-electron chi connectivity index (χ4n) is 3.39. The number of hydrogen-bond donors (Lipinski definition) is 1. The maximum Gasteiger partial charge on any atom is 0.308 e. The zero-order valence-electron chi connectivity index (χ0n) is 13.8. The summed E-state index contributed by atoms with van der Waals surface area (Å²) in [6, 6.07) is 13.5. The molecule has 3 rings (SSSR count). The molecular formula is C19H21NO3S. The number of carboxylic acids is 1. The first-order valence-electron chi connectivity index (χ1n) is 8.02. The molecule has 4 nitrogen and oxygen atoms in total. The van der Waals surface area contributed by atoms with Gasteiger partial charge in [-0.2, -0.15) is 0 Å². The summed E-state index contributed by atoms with van der Waals surface area (Å²) in [5.74, 6) is -1.56. The summed E-state index contributed by atoms with van der Waals surface area (Å²) in [6.07, 6.45) is 0. The van der Waals surface area contributed by atoms with Gasteiger partial charge < -0.3 is 10.0 Å². The van der Waals surface area contributed by atoms with E-state index in [4.69, 9.17) is 0 Å². The summed E-state index contributed by atoms with van der Waals surface area (Å²) < 4.78 is 0. The number of carboxylic acid groups (broad SMARTS) is 1. The Morgan fingerprint density at radius 3 is 2.42 bits per heavy atom. The van der Waals surface area contributed by atoms with Crippen molar-refractivity contribution in [1.29, 1.82) is 0 Å². The molecule has 5 heteroatoms. The van der Waals surface area contributed by atoms with Crippen molar-refractivity contribution in [2.45, 2.75) is 25.2 Å². The Balaban J connectivity index is 1.85. The molecule has 1 amide bonds. The average Bonchev–Trinajstić information content (AvgIpc) is 3.25. The van der Waals surface area contributed by atoms with Crippen LogP contribution in [0.5, 0.6) is 0 Å². The van der Waals surface area contributed by atoms with Crippen molar-refractivity contribution in [3.05, 3.63) is 58.3 Å². The van der Waals surface area contributed by atoms with Gasteiger partial charge in [-0.25, -0.2) is 0 Å². The van der Waals surface area contributed by atoms with Crippen LogP contribution >= 0.6 is 11.3 Å². The number of benzene rings is 1. The number of carbonyl (C=O) groups is 2. The van der Waals surface area contributed by atoms with Crippen LogP contribution in [-0.4, -0.2) is 35.0 Å². The second-order valence-electron chi connectivity index (χ2n) is 6.77. The van der Waals surface area contributed by atoms with Crippen molar-refractivity contribution in [1.82, 2.24) is 4.90 Å². The van der Waals surface area contributed by atoms with Crippen LogP contribution in [0.25, 0.3) is 0 Å². The monoisotopic (exact) mass is 343 g/mol. The zero-order chi connectivity index (χ0) is 17.3. The lowest BCUT2D eigenvalue weighted by Gasteiger charge is -2.28.